The lowest BCUT2D eigenvalue weighted by Crippen LogP contribution is -2.44. The third-order valence-corrected chi connectivity index (χ3v) is 8.91. The van der Waals surface area contributed by atoms with E-state index >= 15 is 0 Å². The summed E-state index contributed by atoms with van der Waals surface area (Å²) in [5.41, 5.74) is 1.14. The summed E-state index contributed by atoms with van der Waals surface area (Å²) in [7, 11) is 0.263. The molecule has 1 aliphatic heterocycles. The average Bonchev–Trinajstić information content (AvgIpc) is 2.76. The van der Waals surface area contributed by atoms with Crippen molar-refractivity contribution in [2.24, 2.45) is 0 Å². The molecule has 20 heavy (non-hydrogen) atoms. The summed E-state index contributed by atoms with van der Waals surface area (Å²) in [5.74, 6) is 0. The Labute approximate surface area is 125 Å². The molecule has 2 atom stereocenters. The van der Waals surface area contributed by atoms with Gasteiger partial charge >= 0.3 is 0 Å². The van der Waals surface area contributed by atoms with E-state index in [9.17, 15) is 0 Å². The number of hydrogen-bond acceptors (Lipinski definition) is 4. The summed E-state index contributed by atoms with van der Waals surface area (Å²) >= 11 is 0. The average molecular weight is 298 g/mol. The predicted molar refractivity (Wildman–Crippen MR) is 89.0 cm³/mol. The fourth-order valence-corrected chi connectivity index (χ4v) is 3.49. The number of nitrogens with one attached hydrogen (secondary N) is 3. The van der Waals surface area contributed by atoms with E-state index in [1.165, 1.54) is 0 Å². The zero-order valence-electron chi connectivity index (χ0n) is 13.8. The molecule has 1 rings (SSSR count). The number of hydrogen-bond donors (Lipinski definition) is 3. The smallest absolute Gasteiger partial charge is 0.192 e. The highest BCUT2D eigenvalue weighted by Gasteiger charge is 2.41. The Bertz CT molecular complexity index is 361. The highest BCUT2D eigenvalue weighted by molar-refractivity contribution is 6.74. The maximum atomic E-state index is 6.47. The molecule has 1 fully saturated rings. The van der Waals surface area contributed by atoms with Crippen molar-refractivity contribution in [1.29, 1.82) is 0 Å². The summed E-state index contributed by atoms with van der Waals surface area (Å²) in [5, 5.41) is 10.1. The van der Waals surface area contributed by atoms with E-state index in [0.717, 1.165) is 18.7 Å². The van der Waals surface area contributed by atoms with Gasteiger partial charge in [-0.25, -0.2) is 0 Å². The van der Waals surface area contributed by atoms with Crippen molar-refractivity contribution in [3.63, 3.8) is 0 Å². The molecule has 0 saturated carbocycles. The van der Waals surface area contributed by atoms with Crippen LogP contribution in [0.1, 0.15) is 27.2 Å². The maximum absolute atomic E-state index is 6.47. The Balaban J connectivity index is 2.61. The first-order valence-electron chi connectivity index (χ1n) is 7.37. The Morgan fingerprint density at radius 2 is 2.05 bits per heavy atom. The van der Waals surface area contributed by atoms with Gasteiger partial charge in [0.1, 0.15) is 0 Å². The first-order chi connectivity index (χ1) is 9.21. The van der Waals surface area contributed by atoms with Crippen molar-refractivity contribution in [2.75, 3.05) is 13.6 Å². The Kier molecular flexibility index (Phi) is 5.86. The van der Waals surface area contributed by atoms with Crippen LogP contribution >= 0.6 is 0 Å². The van der Waals surface area contributed by atoms with Gasteiger partial charge in [-0.15, -0.1) is 0 Å². The van der Waals surface area contributed by atoms with Crippen LogP contribution < -0.4 is 16.0 Å². The van der Waals surface area contributed by atoms with E-state index in [-0.39, 0.29) is 5.04 Å². The summed E-state index contributed by atoms with van der Waals surface area (Å²) in [6.07, 6.45) is 4.95. The minimum atomic E-state index is -1.68. The molecule has 1 aliphatic rings. The van der Waals surface area contributed by atoms with Gasteiger partial charge in [0.05, 0.1) is 12.1 Å². The molecular formula is C15H31N3OSi. The molecule has 3 N–H and O–H groups in total. The lowest BCUT2D eigenvalue weighted by Gasteiger charge is -2.38. The molecule has 0 aromatic rings. The van der Waals surface area contributed by atoms with Gasteiger partial charge in [-0.1, -0.05) is 27.4 Å². The minimum Gasteiger partial charge on any atom is -0.413 e. The molecule has 0 bridgehead atoms. The topological polar surface area (TPSA) is 45.3 Å². The van der Waals surface area contributed by atoms with Gasteiger partial charge < -0.3 is 20.4 Å². The van der Waals surface area contributed by atoms with Crippen molar-refractivity contribution in [1.82, 2.24) is 16.0 Å². The molecule has 1 saturated heterocycles. The zero-order valence-corrected chi connectivity index (χ0v) is 14.8. The molecule has 4 nitrogen and oxygen atoms in total. The summed E-state index contributed by atoms with van der Waals surface area (Å²) < 4.78 is 6.47. The summed E-state index contributed by atoms with van der Waals surface area (Å²) in [4.78, 5) is 0. The largest absolute Gasteiger partial charge is 0.413 e. The summed E-state index contributed by atoms with van der Waals surface area (Å²) in [6, 6.07) is 0.321. The van der Waals surface area contributed by atoms with Gasteiger partial charge in [0, 0.05) is 25.5 Å². The van der Waals surface area contributed by atoms with Crippen molar-refractivity contribution in [2.45, 2.75) is 57.5 Å². The zero-order chi connectivity index (χ0) is 15.4. The Hall–Kier alpha value is -0.783. The fraction of sp³-hybridized carbons (Fsp3) is 0.733. The quantitative estimate of drug-likeness (QED) is 0.659. The second-order valence-electron chi connectivity index (χ2n) is 6.92. The molecule has 116 valence electrons. The van der Waals surface area contributed by atoms with E-state index in [0.29, 0.717) is 12.1 Å². The van der Waals surface area contributed by atoms with E-state index in [4.69, 9.17) is 4.43 Å². The standard InChI is InChI=1S/C15H31N3OSi/c1-8-17-11-14(16-5)13-9-12(10-18-13)19-20(6,7)15(2,3)4/h8,11-13,16-18H,1,9-10H2,2-7H3/b14-11-/t12?,13-/m1/s1. The van der Waals surface area contributed by atoms with E-state index in [1.807, 2.05) is 13.2 Å². The fourth-order valence-electron chi connectivity index (χ4n) is 2.12. The van der Waals surface area contributed by atoms with Gasteiger partial charge in [-0.3, -0.25) is 0 Å². The van der Waals surface area contributed by atoms with Gasteiger partial charge in [-0.05, 0) is 30.8 Å². The van der Waals surface area contributed by atoms with Gasteiger partial charge in [0.25, 0.3) is 0 Å². The van der Waals surface area contributed by atoms with E-state index in [2.05, 4.69) is 56.4 Å². The Morgan fingerprint density at radius 1 is 1.40 bits per heavy atom. The normalized spacial score (nSPS) is 24.6. The summed E-state index contributed by atoms with van der Waals surface area (Å²) in [6.45, 7) is 16.1. The lowest BCUT2D eigenvalue weighted by molar-refractivity contribution is 0.198. The SMILES string of the molecule is C=CN/C=C(\NC)[C@H]1CC(O[Si](C)(C)C(C)(C)C)CN1. The molecule has 5 heteroatoms. The van der Waals surface area contributed by atoms with Crippen molar-refractivity contribution in [3.8, 4) is 0 Å². The minimum absolute atomic E-state index is 0.261. The van der Waals surface area contributed by atoms with Crippen LogP contribution in [0.25, 0.3) is 0 Å². The third-order valence-electron chi connectivity index (χ3n) is 4.38. The first-order valence-corrected chi connectivity index (χ1v) is 10.3. The van der Waals surface area contributed by atoms with Crippen molar-refractivity contribution < 1.29 is 4.43 Å². The molecule has 1 heterocycles. The van der Waals surface area contributed by atoms with Crippen LogP contribution in [0.15, 0.2) is 24.7 Å². The molecule has 0 aromatic carbocycles. The molecule has 0 amide bonds. The second-order valence-corrected chi connectivity index (χ2v) is 11.7. The third kappa shape index (κ3) is 4.36. The monoisotopic (exact) mass is 297 g/mol. The highest BCUT2D eigenvalue weighted by Crippen LogP contribution is 2.38. The second kappa shape index (κ2) is 6.78. The van der Waals surface area contributed by atoms with Gasteiger partial charge in [-0.2, -0.15) is 0 Å². The van der Waals surface area contributed by atoms with Crippen LogP contribution in [0.4, 0.5) is 0 Å². The Morgan fingerprint density at radius 3 is 2.55 bits per heavy atom. The van der Waals surface area contributed by atoms with Crippen molar-refractivity contribution >= 4 is 8.32 Å². The molecule has 0 aliphatic carbocycles. The molecule has 0 spiro atoms. The van der Waals surface area contributed by atoms with Crippen LogP contribution in [-0.2, 0) is 4.43 Å². The molecule has 0 radical (unpaired) electrons. The van der Waals surface area contributed by atoms with Crippen LogP contribution in [0.2, 0.25) is 18.1 Å². The molecular weight excluding hydrogens is 266 g/mol. The maximum Gasteiger partial charge on any atom is 0.192 e. The first kappa shape index (κ1) is 17.3. The van der Waals surface area contributed by atoms with Crippen LogP contribution in [0.5, 0.6) is 0 Å². The van der Waals surface area contributed by atoms with Crippen LogP contribution in [0, 0.1) is 0 Å². The van der Waals surface area contributed by atoms with Crippen LogP contribution in [-0.4, -0.2) is 34.1 Å². The lowest BCUT2D eigenvalue weighted by atomic mass is 10.1. The predicted octanol–water partition coefficient (Wildman–Crippen LogP) is 2.53. The van der Waals surface area contributed by atoms with Crippen LogP contribution in [0.3, 0.4) is 0 Å². The van der Waals surface area contributed by atoms with E-state index < -0.39 is 8.32 Å². The number of rotatable bonds is 6. The molecule has 0 aromatic heterocycles. The van der Waals surface area contributed by atoms with Crippen molar-refractivity contribution in [3.05, 3.63) is 24.7 Å². The molecule has 1 unspecified atom stereocenters. The number of likely N-dealkylation sites (N-methyl/N-ethyl adjacent to an activating group) is 1. The van der Waals surface area contributed by atoms with E-state index in [1.54, 1.807) is 6.20 Å². The van der Waals surface area contributed by atoms with Gasteiger partial charge in [0.2, 0.25) is 0 Å². The van der Waals surface area contributed by atoms with Gasteiger partial charge in [0.15, 0.2) is 8.32 Å². The highest BCUT2D eigenvalue weighted by atomic mass is 28.4.